The Morgan fingerprint density at radius 2 is 2.00 bits per heavy atom. The van der Waals surface area contributed by atoms with Crippen molar-refractivity contribution >= 4 is 5.97 Å². The van der Waals surface area contributed by atoms with Gasteiger partial charge in [-0.25, -0.2) is 4.79 Å². The molecule has 0 bridgehead atoms. The predicted molar refractivity (Wildman–Crippen MR) is 78.7 cm³/mol. The van der Waals surface area contributed by atoms with Crippen LogP contribution in [0.1, 0.15) is 33.7 Å². The van der Waals surface area contributed by atoms with Crippen molar-refractivity contribution in [2.24, 2.45) is 0 Å². The Hall–Kier alpha value is -2.37. The van der Waals surface area contributed by atoms with Gasteiger partial charge in [0, 0.05) is 25.0 Å². The van der Waals surface area contributed by atoms with Crippen molar-refractivity contribution in [1.29, 1.82) is 0 Å². The Morgan fingerprint density at radius 3 is 2.57 bits per heavy atom. The van der Waals surface area contributed by atoms with Crippen LogP contribution in [0.15, 0.2) is 23.1 Å². The number of carboxylic acids is 1. The maximum atomic E-state index is 12.1. The van der Waals surface area contributed by atoms with Crippen LogP contribution in [0.2, 0.25) is 0 Å². The first-order chi connectivity index (χ1) is 9.90. The molecule has 0 saturated heterocycles. The molecule has 0 amide bonds. The molecule has 21 heavy (non-hydrogen) atoms. The van der Waals surface area contributed by atoms with Gasteiger partial charge in [-0.1, -0.05) is 0 Å². The topological polar surface area (TPSA) is 77.1 Å². The van der Waals surface area contributed by atoms with Gasteiger partial charge in [-0.2, -0.15) is 5.10 Å². The molecule has 0 aliphatic heterocycles. The van der Waals surface area contributed by atoms with Gasteiger partial charge in [0.25, 0.3) is 5.56 Å². The maximum Gasteiger partial charge on any atom is 0.341 e. The SMILES string of the molecule is Cc1cc(C)n(CCCn2ccc(C)c(C(=O)O)c2=O)n1. The monoisotopic (exact) mass is 289 g/mol. The molecule has 6 heteroatoms. The highest BCUT2D eigenvalue weighted by atomic mass is 16.4. The van der Waals surface area contributed by atoms with E-state index in [-0.39, 0.29) is 5.56 Å². The van der Waals surface area contributed by atoms with E-state index in [1.165, 1.54) is 4.57 Å². The minimum atomic E-state index is -1.18. The fourth-order valence-corrected chi connectivity index (χ4v) is 2.39. The van der Waals surface area contributed by atoms with Crippen molar-refractivity contribution in [2.45, 2.75) is 40.3 Å². The Balaban J connectivity index is 2.11. The summed E-state index contributed by atoms with van der Waals surface area (Å²) < 4.78 is 3.34. The fraction of sp³-hybridized carbons (Fsp3) is 0.400. The van der Waals surface area contributed by atoms with E-state index < -0.39 is 11.5 Å². The highest BCUT2D eigenvalue weighted by Gasteiger charge is 2.14. The third-order valence-electron chi connectivity index (χ3n) is 3.46. The summed E-state index contributed by atoms with van der Waals surface area (Å²) in [5.74, 6) is -1.18. The second-order valence-electron chi connectivity index (χ2n) is 5.18. The molecular weight excluding hydrogens is 270 g/mol. The van der Waals surface area contributed by atoms with Crippen LogP contribution in [0.4, 0.5) is 0 Å². The molecule has 2 rings (SSSR count). The van der Waals surface area contributed by atoms with Gasteiger partial charge >= 0.3 is 5.97 Å². The molecule has 1 N–H and O–H groups in total. The number of carboxylic acid groups (broad SMARTS) is 1. The second-order valence-corrected chi connectivity index (χ2v) is 5.18. The van der Waals surface area contributed by atoms with E-state index in [1.807, 2.05) is 24.6 Å². The van der Waals surface area contributed by atoms with E-state index in [1.54, 1.807) is 19.2 Å². The van der Waals surface area contributed by atoms with Crippen LogP contribution in [0.25, 0.3) is 0 Å². The Labute approximate surface area is 122 Å². The summed E-state index contributed by atoms with van der Waals surface area (Å²) in [4.78, 5) is 23.2. The van der Waals surface area contributed by atoms with Gasteiger partial charge in [0.05, 0.1) is 5.69 Å². The summed E-state index contributed by atoms with van der Waals surface area (Å²) >= 11 is 0. The van der Waals surface area contributed by atoms with Crippen molar-refractivity contribution in [3.05, 3.63) is 51.2 Å². The van der Waals surface area contributed by atoms with Crippen LogP contribution in [-0.4, -0.2) is 25.4 Å². The van der Waals surface area contributed by atoms with Crippen LogP contribution < -0.4 is 5.56 Å². The molecule has 6 nitrogen and oxygen atoms in total. The van der Waals surface area contributed by atoms with Crippen molar-refractivity contribution in [3.8, 4) is 0 Å². The molecule has 2 aromatic rings. The number of aromatic carboxylic acids is 1. The highest BCUT2D eigenvalue weighted by molar-refractivity contribution is 5.88. The first kappa shape index (κ1) is 15.0. The molecule has 2 aromatic heterocycles. The largest absolute Gasteiger partial charge is 0.477 e. The lowest BCUT2D eigenvalue weighted by Gasteiger charge is -2.09. The molecule has 0 radical (unpaired) electrons. The van der Waals surface area contributed by atoms with E-state index in [0.717, 1.165) is 11.4 Å². The lowest BCUT2D eigenvalue weighted by Crippen LogP contribution is -2.27. The summed E-state index contributed by atoms with van der Waals surface area (Å²) in [7, 11) is 0. The van der Waals surface area contributed by atoms with E-state index in [4.69, 9.17) is 5.11 Å². The van der Waals surface area contributed by atoms with Crippen molar-refractivity contribution < 1.29 is 9.90 Å². The molecule has 0 fully saturated rings. The third kappa shape index (κ3) is 3.21. The van der Waals surface area contributed by atoms with E-state index in [0.29, 0.717) is 25.1 Å². The van der Waals surface area contributed by atoms with E-state index >= 15 is 0 Å². The Bertz CT molecular complexity index is 728. The normalized spacial score (nSPS) is 10.8. The second kappa shape index (κ2) is 5.95. The number of hydrogen-bond donors (Lipinski definition) is 1. The number of pyridine rings is 1. The number of aryl methyl sites for hydroxylation is 5. The zero-order valence-corrected chi connectivity index (χ0v) is 12.5. The van der Waals surface area contributed by atoms with Crippen molar-refractivity contribution in [2.75, 3.05) is 0 Å². The molecule has 112 valence electrons. The average Bonchev–Trinajstić information content (AvgIpc) is 2.70. The number of nitrogens with zero attached hydrogens (tertiary/aromatic N) is 3. The van der Waals surface area contributed by atoms with Gasteiger partial charge < -0.3 is 9.67 Å². The summed E-state index contributed by atoms with van der Waals surface area (Å²) in [6.45, 7) is 6.72. The van der Waals surface area contributed by atoms with Crippen LogP contribution in [0.5, 0.6) is 0 Å². The van der Waals surface area contributed by atoms with E-state index in [9.17, 15) is 9.59 Å². The van der Waals surface area contributed by atoms with Crippen LogP contribution in [0, 0.1) is 20.8 Å². The average molecular weight is 289 g/mol. The number of rotatable bonds is 5. The molecule has 0 aliphatic rings. The van der Waals surface area contributed by atoms with Crippen LogP contribution in [0.3, 0.4) is 0 Å². The smallest absolute Gasteiger partial charge is 0.341 e. The molecule has 0 aliphatic carbocycles. The zero-order valence-electron chi connectivity index (χ0n) is 12.5. The Morgan fingerprint density at radius 1 is 1.29 bits per heavy atom. The third-order valence-corrected chi connectivity index (χ3v) is 3.46. The van der Waals surface area contributed by atoms with Gasteiger partial charge in [-0.05, 0) is 44.9 Å². The van der Waals surface area contributed by atoms with Crippen LogP contribution in [-0.2, 0) is 13.1 Å². The van der Waals surface area contributed by atoms with Gasteiger partial charge in [0.1, 0.15) is 5.56 Å². The minimum Gasteiger partial charge on any atom is -0.477 e. The zero-order chi connectivity index (χ0) is 15.6. The quantitative estimate of drug-likeness (QED) is 0.909. The summed E-state index contributed by atoms with van der Waals surface area (Å²) in [5, 5.41) is 13.4. The predicted octanol–water partition coefficient (Wildman–Crippen LogP) is 1.76. The minimum absolute atomic E-state index is 0.149. The van der Waals surface area contributed by atoms with Gasteiger partial charge in [-0.3, -0.25) is 9.48 Å². The summed E-state index contributed by atoms with van der Waals surface area (Å²) in [6.07, 6.45) is 2.36. The molecule has 0 aromatic carbocycles. The van der Waals surface area contributed by atoms with Gasteiger partial charge in [-0.15, -0.1) is 0 Å². The number of aromatic nitrogens is 3. The molecule has 0 saturated carbocycles. The number of hydrogen-bond acceptors (Lipinski definition) is 3. The summed E-state index contributed by atoms with van der Waals surface area (Å²) in [6, 6.07) is 3.66. The number of carbonyl (C=O) groups is 1. The lowest BCUT2D eigenvalue weighted by atomic mass is 10.1. The molecule has 0 atom stereocenters. The maximum absolute atomic E-state index is 12.1. The summed E-state index contributed by atoms with van der Waals surface area (Å²) in [5.41, 5.74) is 1.94. The lowest BCUT2D eigenvalue weighted by molar-refractivity contribution is 0.0693. The highest BCUT2D eigenvalue weighted by Crippen LogP contribution is 2.05. The van der Waals surface area contributed by atoms with Crippen molar-refractivity contribution in [3.63, 3.8) is 0 Å². The standard InChI is InChI=1S/C15H19N3O3/c1-10-5-8-17(14(19)13(10)15(20)21)6-4-7-18-12(3)9-11(2)16-18/h5,8-9H,4,6-7H2,1-3H3,(H,20,21). The molecule has 0 spiro atoms. The molecular formula is C15H19N3O3. The van der Waals surface area contributed by atoms with Crippen LogP contribution >= 0.6 is 0 Å². The molecule has 0 unspecified atom stereocenters. The molecule has 2 heterocycles. The van der Waals surface area contributed by atoms with Gasteiger partial charge in [0.15, 0.2) is 0 Å². The van der Waals surface area contributed by atoms with E-state index in [2.05, 4.69) is 5.10 Å². The van der Waals surface area contributed by atoms with Gasteiger partial charge in [0.2, 0.25) is 0 Å². The van der Waals surface area contributed by atoms with Crippen molar-refractivity contribution in [1.82, 2.24) is 14.3 Å². The first-order valence-corrected chi connectivity index (χ1v) is 6.84. The Kier molecular flexibility index (Phi) is 4.26. The fourth-order valence-electron chi connectivity index (χ4n) is 2.39. The first-order valence-electron chi connectivity index (χ1n) is 6.84.